The molecule has 3 aromatic carbocycles. The number of carboxylic acids is 1. The van der Waals surface area contributed by atoms with Gasteiger partial charge in [-0.05, 0) is 48.2 Å². The highest BCUT2D eigenvalue weighted by Crippen LogP contribution is 2.27. The Kier molecular flexibility index (Phi) is 8.98. The van der Waals surface area contributed by atoms with Gasteiger partial charge >= 0.3 is 5.97 Å². The molecular weight excluding hydrogens is 524 g/mol. The van der Waals surface area contributed by atoms with Gasteiger partial charge < -0.3 is 15.2 Å². The number of carboxylic acid groups (broad SMARTS) is 1. The SMILES string of the molecule is CCOc1ncc(C(=O)N[C@@H](CS)Cc2ccccc2F)n1Cc1ccc(-c2ccccc2C(=O)O)cc1F. The van der Waals surface area contributed by atoms with E-state index in [-0.39, 0.29) is 54.0 Å². The Morgan fingerprint density at radius 2 is 1.79 bits per heavy atom. The molecule has 0 saturated heterocycles. The Labute approximate surface area is 229 Å². The van der Waals surface area contributed by atoms with Crippen LogP contribution in [0.2, 0.25) is 0 Å². The zero-order chi connectivity index (χ0) is 27.9. The normalized spacial score (nSPS) is 11.7. The van der Waals surface area contributed by atoms with E-state index in [0.29, 0.717) is 16.7 Å². The molecule has 1 amide bonds. The number of imidazole rings is 1. The maximum atomic E-state index is 15.3. The van der Waals surface area contributed by atoms with Gasteiger partial charge in [0.25, 0.3) is 11.9 Å². The molecule has 10 heteroatoms. The van der Waals surface area contributed by atoms with E-state index in [2.05, 4.69) is 22.9 Å². The van der Waals surface area contributed by atoms with Gasteiger partial charge in [0.2, 0.25) is 0 Å². The summed E-state index contributed by atoms with van der Waals surface area (Å²) in [5.74, 6) is -2.29. The molecule has 0 bridgehead atoms. The molecule has 1 aromatic heterocycles. The first-order chi connectivity index (χ1) is 18.8. The molecule has 0 aliphatic heterocycles. The Bertz CT molecular complexity index is 1490. The third-order valence-electron chi connectivity index (χ3n) is 6.15. The molecule has 0 aliphatic rings. The highest BCUT2D eigenvalue weighted by atomic mass is 32.1. The second kappa shape index (κ2) is 12.6. The summed E-state index contributed by atoms with van der Waals surface area (Å²) in [5.41, 5.74) is 1.70. The van der Waals surface area contributed by atoms with E-state index in [1.807, 2.05) is 0 Å². The maximum Gasteiger partial charge on any atom is 0.336 e. The van der Waals surface area contributed by atoms with Crippen molar-refractivity contribution in [2.24, 2.45) is 0 Å². The van der Waals surface area contributed by atoms with Gasteiger partial charge in [-0.25, -0.2) is 18.6 Å². The fourth-order valence-electron chi connectivity index (χ4n) is 4.22. The van der Waals surface area contributed by atoms with Crippen molar-refractivity contribution in [1.82, 2.24) is 14.9 Å². The van der Waals surface area contributed by atoms with Crippen LogP contribution in [0.4, 0.5) is 8.78 Å². The summed E-state index contributed by atoms with van der Waals surface area (Å²) in [5, 5.41) is 12.3. The third-order valence-corrected chi connectivity index (χ3v) is 6.60. The Balaban J connectivity index is 1.59. The summed E-state index contributed by atoms with van der Waals surface area (Å²) in [4.78, 5) is 29.0. The van der Waals surface area contributed by atoms with Crippen LogP contribution >= 0.6 is 12.6 Å². The van der Waals surface area contributed by atoms with E-state index >= 15 is 4.39 Å². The van der Waals surface area contributed by atoms with Crippen LogP contribution in [-0.4, -0.2) is 44.9 Å². The van der Waals surface area contributed by atoms with Crippen molar-refractivity contribution in [2.75, 3.05) is 12.4 Å². The number of nitrogens with one attached hydrogen (secondary N) is 1. The average molecular weight is 552 g/mol. The molecule has 202 valence electrons. The predicted molar refractivity (Wildman–Crippen MR) is 147 cm³/mol. The first-order valence-corrected chi connectivity index (χ1v) is 12.9. The summed E-state index contributed by atoms with van der Waals surface area (Å²) < 4.78 is 36.5. The molecule has 4 aromatic rings. The lowest BCUT2D eigenvalue weighted by molar-refractivity contribution is 0.0697. The topological polar surface area (TPSA) is 93.5 Å². The summed E-state index contributed by atoms with van der Waals surface area (Å²) in [6.45, 7) is 1.97. The number of aromatic nitrogens is 2. The number of hydrogen-bond acceptors (Lipinski definition) is 5. The first-order valence-electron chi connectivity index (χ1n) is 12.3. The minimum atomic E-state index is -1.11. The predicted octanol–water partition coefficient (Wildman–Crippen LogP) is 5.24. The van der Waals surface area contributed by atoms with E-state index in [1.165, 1.54) is 35.0 Å². The number of hydrogen-bond donors (Lipinski definition) is 3. The number of amides is 1. The lowest BCUT2D eigenvalue weighted by atomic mass is 9.98. The molecule has 0 unspecified atom stereocenters. The fourth-order valence-corrected chi connectivity index (χ4v) is 4.44. The molecule has 0 radical (unpaired) electrons. The van der Waals surface area contributed by atoms with Crippen molar-refractivity contribution in [2.45, 2.75) is 25.9 Å². The summed E-state index contributed by atoms with van der Waals surface area (Å²) >= 11 is 4.31. The molecule has 0 saturated carbocycles. The van der Waals surface area contributed by atoms with Crippen molar-refractivity contribution < 1.29 is 28.2 Å². The molecule has 7 nitrogen and oxygen atoms in total. The van der Waals surface area contributed by atoms with Gasteiger partial charge in [0.1, 0.15) is 17.3 Å². The summed E-state index contributed by atoms with van der Waals surface area (Å²) in [6, 6.07) is 16.8. The largest absolute Gasteiger partial charge is 0.478 e. The maximum absolute atomic E-state index is 15.3. The monoisotopic (exact) mass is 551 g/mol. The number of carbonyl (C=O) groups excluding carboxylic acids is 1. The van der Waals surface area contributed by atoms with Crippen LogP contribution in [0.1, 0.15) is 38.9 Å². The van der Waals surface area contributed by atoms with E-state index in [0.717, 1.165) is 0 Å². The average Bonchev–Trinajstić information content (AvgIpc) is 3.32. The molecule has 1 atom stereocenters. The van der Waals surface area contributed by atoms with Crippen LogP contribution < -0.4 is 10.1 Å². The lowest BCUT2D eigenvalue weighted by Gasteiger charge is -2.18. The molecule has 0 aliphatic carbocycles. The standard InChI is InChI=1S/C29H27F2N3O4S/c1-2-38-29-32-15-26(27(35)33-21(17-39)13-19-7-3-6-10-24(19)30)34(29)16-20-12-11-18(14-25(20)31)22-8-4-5-9-23(22)28(36)37/h3-12,14-15,21,39H,2,13,16-17H2,1H3,(H,33,35)(H,36,37)/t21-/m1/s1. The van der Waals surface area contributed by atoms with Gasteiger partial charge in [-0.15, -0.1) is 0 Å². The highest BCUT2D eigenvalue weighted by Gasteiger charge is 2.22. The van der Waals surface area contributed by atoms with Gasteiger partial charge in [-0.3, -0.25) is 9.36 Å². The first kappa shape index (κ1) is 27.8. The van der Waals surface area contributed by atoms with Gasteiger partial charge in [-0.1, -0.05) is 48.5 Å². The van der Waals surface area contributed by atoms with Crippen LogP contribution in [0.15, 0.2) is 72.9 Å². The van der Waals surface area contributed by atoms with Crippen LogP contribution in [-0.2, 0) is 13.0 Å². The van der Waals surface area contributed by atoms with E-state index in [9.17, 15) is 19.1 Å². The molecule has 1 heterocycles. The number of carbonyl (C=O) groups is 2. The van der Waals surface area contributed by atoms with Crippen molar-refractivity contribution in [1.29, 1.82) is 0 Å². The Hall–Kier alpha value is -4.18. The van der Waals surface area contributed by atoms with Crippen LogP contribution in [0.3, 0.4) is 0 Å². The van der Waals surface area contributed by atoms with E-state index in [4.69, 9.17) is 4.74 Å². The van der Waals surface area contributed by atoms with Crippen molar-refractivity contribution in [3.63, 3.8) is 0 Å². The minimum Gasteiger partial charge on any atom is -0.478 e. The van der Waals surface area contributed by atoms with E-state index < -0.39 is 23.7 Å². The zero-order valence-electron chi connectivity index (χ0n) is 21.1. The van der Waals surface area contributed by atoms with Crippen molar-refractivity contribution in [3.05, 3.63) is 107 Å². The molecule has 39 heavy (non-hydrogen) atoms. The van der Waals surface area contributed by atoms with E-state index in [1.54, 1.807) is 49.4 Å². The zero-order valence-corrected chi connectivity index (χ0v) is 22.0. The highest BCUT2D eigenvalue weighted by molar-refractivity contribution is 7.80. The molecule has 2 N–H and O–H groups in total. The lowest BCUT2D eigenvalue weighted by Crippen LogP contribution is -2.39. The molecule has 4 rings (SSSR count). The van der Waals surface area contributed by atoms with Crippen molar-refractivity contribution in [3.8, 4) is 17.1 Å². The minimum absolute atomic E-state index is 0.0611. The number of ether oxygens (including phenoxy) is 1. The van der Waals surface area contributed by atoms with Crippen molar-refractivity contribution >= 4 is 24.5 Å². The number of nitrogens with zero attached hydrogens (tertiary/aromatic N) is 2. The van der Waals surface area contributed by atoms with Gasteiger partial charge in [0.15, 0.2) is 0 Å². The number of rotatable bonds is 11. The second-order valence-corrected chi connectivity index (χ2v) is 9.12. The second-order valence-electron chi connectivity index (χ2n) is 8.75. The Morgan fingerprint density at radius 3 is 2.49 bits per heavy atom. The van der Waals surface area contributed by atoms with Crippen LogP contribution in [0, 0.1) is 11.6 Å². The quantitative estimate of drug-likeness (QED) is 0.222. The number of aromatic carboxylic acids is 1. The number of thiol groups is 1. The number of halogens is 2. The smallest absolute Gasteiger partial charge is 0.336 e. The molecule has 0 fully saturated rings. The van der Waals surface area contributed by atoms with Gasteiger partial charge in [0.05, 0.1) is 24.9 Å². The Morgan fingerprint density at radius 1 is 1.05 bits per heavy atom. The third kappa shape index (κ3) is 6.46. The fraction of sp³-hybridized carbons (Fsp3) is 0.207. The number of benzene rings is 3. The van der Waals surface area contributed by atoms with Crippen LogP contribution in [0.5, 0.6) is 6.01 Å². The summed E-state index contributed by atoms with van der Waals surface area (Å²) in [6.07, 6.45) is 1.58. The van der Waals surface area contributed by atoms with Crippen LogP contribution in [0.25, 0.3) is 11.1 Å². The summed E-state index contributed by atoms with van der Waals surface area (Å²) in [7, 11) is 0. The molecular formula is C29H27F2N3O4S. The molecule has 0 spiro atoms. The van der Waals surface area contributed by atoms with Gasteiger partial charge in [0, 0.05) is 17.4 Å². The van der Waals surface area contributed by atoms with Gasteiger partial charge in [-0.2, -0.15) is 12.6 Å².